The number of aromatic nitrogens is 1. The largest absolute Gasteiger partial charge is 0.489 e. The van der Waals surface area contributed by atoms with Crippen molar-refractivity contribution in [3.05, 3.63) is 47.0 Å². The summed E-state index contributed by atoms with van der Waals surface area (Å²) < 4.78 is 93.7. The van der Waals surface area contributed by atoms with Gasteiger partial charge in [0, 0.05) is 44.7 Å². The van der Waals surface area contributed by atoms with E-state index in [1.54, 1.807) is 0 Å². The number of hydrogen-bond acceptors (Lipinski definition) is 8. The molecule has 4 aliphatic rings. The van der Waals surface area contributed by atoms with Crippen LogP contribution in [0.5, 0.6) is 5.75 Å². The van der Waals surface area contributed by atoms with E-state index in [1.807, 2.05) is 0 Å². The molecule has 5 atom stereocenters. The lowest BCUT2D eigenvalue weighted by atomic mass is 10.0. The maximum atomic E-state index is 13.7. The quantitative estimate of drug-likeness (QED) is 0.425. The van der Waals surface area contributed by atoms with Gasteiger partial charge in [-0.05, 0) is 24.1 Å². The summed E-state index contributed by atoms with van der Waals surface area (Å²) in [6.45, 7) is 0.920. The molecule has 5 heterocycles. The highest BCUT2D eigenvalue weighted by Crippen LogP contribution is 2.36. The fourth-order valence-corrected chi connectivity index (χ4v) is 7.23. The number of benzene rings is 1. The predicted octanol–water partition coefficient (Wildman–Crippen LogP) is 1.74. The Kier molecular flexibility index (Phi) is 6.79. The smallest absolute Gasteiger partial charge is 0.410 e. The Hall–Kier alpha value is -3.14. The van der Waals surface area contributed by atoms with Gasteiger partial charge in [0.05, 0.1) is 25.7 Å². The molecule has 3 saturated heterocycles. The number of hydrogen-bond donors (Lipinski definition) is 1. The number of Topliss-reactive ketones (excluding diaryl/α,β-unsaturated/α-hetero) is 1. The Morgan fingerprint density at radius 3 is 2.62 bits per heavy atom. The first kappa shape index (κ1) is 27.1. The lowest BCUT2D eigenvalue weighted by molar-refractivity contribution is -0.0907. The van der Waals surface area contributed by atoms with Crippen LogP contribution >= 0.6 is 0 Å². The molecule has 11 nitrogen and oxygen atoms in total. The Labute approximate surface area is 227 Å². The van der Waals surface area contributed by atoms with Gasteiger partial charge in [0.25, 0.3) is 0 Å². The number of halogens is 3. The van der Waals surface area contributed by atoms with Crippen molar-refractivity contribution in [1.29, 1.82) is 0 Å². The third-order valence-electron chi connectivity index (χ3n) is 7.75. The second-order valence-corrected chi connectivity index (χ2v) is 12.1. The van der Waals surface area contributed by atoms with Crippen molar-refractivity contribution in [1.82, 2.24) is 14.2 Å². The van der Waals surface area contributed by atoms with Crippen LogP contribution in [0.25, 0.3) is 0 Å². The van der Waals surface area contributed by atoms with Crippen LogP contribution in [0.2, 0.25) is 0 Å². The highest BCUT2D eigenvalue weighted by atomic mass is 32.2. The van der Waals surface area contributed by atoms with E-state index in [-0.39, 0.29) is 60.4 Å². The molecule has 0 aliphatic carbocycles. The van der Waals surface area contributed by atoms with Crippen molar-refractivity contribution in [2.45, 2.75) is 36.2 Å². The average Bonchev–Trinajstić information content (AvgIpc) is 3.65. The minimum atomic E-state index is -4.20. The molecule has 216 valence electrons. The van der Waals surface area contributed by atoms with Crippen molar-refractivity contribution in [3.63, 3.8) is 0 Å². The van der Waals surface area contributed by atoms with Gasteiger partial charge in [0.2, 0.25) is 10.0 Å². The van der Waals surface area contributed by atoms with Gasteiger partial charge in [-0.15, -0.1) is 0 Å². The van der Waals surface area contributed by atoms with Gasteiger partial charge in [0.15, 0.2) is 35.3 Å². The number of ketones is 1. The van der Waals surface area contributed by atoms with Gasteiger partial charge in [-0.25, -0.2) is 31.1 Å². The zero-order valence-electron chi connectivity index (χ0n) is 21.3. The molecule has 0 saturated carbocycles. The molecule has 0 radical (unpaired) electrons. The first-order chi connectivity index (χ1) is 19.0. The van der Waals surface area contributed by atoms with Crippen LogP contribution in [0.4, 0.5) is 18.0 Å². The summed E-state index contributed by atoms with van der Waals surface area (Å²) in [5.74, 6) is -5.94. The minimum Gasteiger partial charge on any atom is -0.489 e. The van der Waals surface area contributed by atoms with E-state index < -0.39 is 63.8 Å². The molecular weight excluding hydrogens is 559 g/mol. The maximum absolute atomic E-state index is 13.7. The van der Waals surface area contributed by atoms with Crippen molar-refractivity contribution in [2.75, 3.05) is 32.9 Å². The average molecular weight is 586 g/mol. The van der Waals surface area contributed by atoms with Crippen LogP contribution < -0.4 is 9.46 Å². The fourth-order valence-electron chi connectivity index (χ4n) is 5.74. The maximum Gasteiger partial charge on any atom is 0.410 e. The number of carbonyl (C=O) groups is 2. The highest BCUT2D eigenvalue weighted by molar-refractivity contribution is 7.89. The monoisotopic (exact) mass is 585 g/mol. The lowest BCUT2D eigenvalue weighted by Crippen LogP contribution is -2.44. The summed E-state index contributed by atoms with van der Waals surface area (Å²) in [5, 5.41) is 0. The fraction of sp³-hybridized carbons (Fsp3) is 0.520. The number of carbonyl (C=O) groups excluding carboxylic acids is 2. The predicted molar refractivity (Wildman–Crippen MR) is 128 cm³/mol. The van der Waals surface area contributed by atoms with Gasteiger partial charge in [-0.1, -0.05) is 0 Å². The van der Waals surface area contributed by atoms with Gasteiger partial charge in [-0.2, -0.15) is 0 Å². The number of fused-ring (bicyclic) bond motifs is 3. The van der Waals surface area contributed by atoms with Gasteiger partial charge < -0.3 is 28.4 Å². The number of ether oxygens (including phenoxy) is 4. The van der Waals surface area contributed by atoms with E-state index in [4.69, 9.17) is 18.9 Å². The van der Waals surface area contributed by atoms with Gasteiger partial charge >= 0.3 is 6.09 Å². The van der Waals surface area contributed by atoms with E-state index in [0.717, 1.165) is 0 Å². The molecular formula is C25H26F3N3O8S. The number of nitrogens with zero attached hydrogens (tertiary/aromatic N) is 2. The van der Waals surface area contributed by atoms with Crippen molar-refractivity contribution >= 4 is 21.9 Å². The van der Waals surface area contributed by atoms with Crippen LogP contribution in [-0.4, -0.2) is 81.1 Å². The number of rotatable bonds is 4. The number of nitrogens with one attached hydrogen (secondary N) is 1. The molecule has 1 aromatic carbocycles. The van der Waals surface area contributed by atoms with E-state index in [0.29, 0.717) is 25.2 Å². The van der Waals surface area contributed by atoms with Crippen molar-refractivity contribution in [3.8, 4) is 5.75 Å². The second kappa shape index (κ2) is 10.0. The number of likely N-dealkylation sites (tertiary alicyclic amines) is 1. The molecule has 0 bridgehead atoms. The third kappa shape index (κ3) is 4.74. The van der Waals surface area contributed by atoms with Gasteiger partial charge in [0.1, 0.15) is 16.7 Å². The zero-order valence-corrected chi connectivity index (χ0v) is 22.1. The Balaban J connectivity index is 1.19. The normalized spacial score (nSPS) is 28.7. The minimum absolute atomic E-state index is 0.0286. The summed E-state index contributed by atoms with van der Waals surface area (Å²) in [6, 6.07) is 0.741. The lowest BCUT2D eigenvalue weighted by Gasteiger charge is -2.23. The summed E-state index contributed by atoms with van der Waals surface area (Å²) in [7, 11) is -2.76. The highest BCUT2D eigenvalue weighted by Gasteiger charge is 2.46. The van der Waals surface area contributed by atoms with Crippen LogP contribution in [0.1, 0.15) is 22.5 Å². The van der Waals surface area contributed by atoms with Crippen LogP contribution in [0, 0.1) is 29.3 Å². The first-order valence-electron chi connectivity index (χ1n) is 12.7. The summed E-state index contributed by atoms with van der Waals surface area (Å²) in [5.41, 5.74) is -0.260. The number of sulfonamides is 1. The van der Waals surface area contributed by atoms with Crippen LogP contribution in [0.3, 0.4) is 0 Å². The van der Waals surface area contributed by atoms with Gasteiger partial charge in [-0.3, -0.25) is 4.79 Å². The number of amides is 1. The number of aryl methyl sites for hydroxylation is 1. The van der Waals surface area contributed by atoms with Crippen LogP contribution in [-0.2, 0) is 37.7 Å². The standard InChI is InChI=1S/C25H26F3N3O8S/c1-30-9-20-23(22(30)18(32)6-12-4-15(26)21(28)16(27)5-12)37-10-13-7-31(8-17(13)29-40(20,34)35)25(33)39-19-11-38-24-14(19)2-3-36-24/h4-5,9,13-14,17,19,24,29H,2-3,6-8,10-11H2,1H3/t13?,14-,17?,19?,24+/m0/s1. The topological polar surface area (TPSA) is 125 Å². The zero-order chi connectivity index (χ0) is 28.3. The SMILES string of the molecule is Cn1cc2c(c1C(=O)Cc1cc(F)c(F)c(F)c1)OCC1CN(C(=O)OC3CO[C@H]4OCC[C@@H]34)CC1NS2(=O)=O. The molecule has 6 rings (SSSR count). The van der Waals surface area contributed by atoms with Crippen LogP contribution in [0.15, 0.2) is 23.2 Å². The molecule has 3 fully saturated rings. The third-order valence-corrected chi connectivity index (χ3v) is 9.23. The molecule has 15 heteroatoms. The summed E-state index contributed by atoms with van der Waals surface area (Å²) in [6.07, 6.45) is -0.0465. The van der Waals surface area contributed by atoms with E-state index in [1.165, 1.54) is 22.7 Å². The van der Waals surface area contributed by atoms with Crippen molar-refractivity contribution < 1.29 is 50.1 Å². The molecule has 2 aromatic rings. The second-order valence-electron chi connectivity index (χ2n) is 10.4. The summed E-state index contributed by atoms with van der Waals surface area (Å²) in [4.78, 5) is 27.2. The molecule has 1 N–H and O–H groups in total. The molecule has 40 heavy (non-hydrogen) atoms. The molecule has 1 aromatic heterocycles. The van der Waals surface area contributed by atoms with E-state index in [2.05, 4.69) is 4.72 Å². The van der Waals surface area contributed by atoms with E-state index >= 15 is 0 Å². The molecule has 1 amide bonds. The Morgan fingerprint density at radius 1 is 1.12 bits per heavy atom. The summed E-state index contributed by atoms with van der Waals surface area (Å²) >= 11 is 0. The first-order valence-corrected chi connectivity index (χ1v) is 14.2. The molecule has 4 aliphatic heterocycles. The van der Waals surface area contributed by atoms with E-state index in [9.17, 15) is 31.2 Å². The Bertz CT molecular complexity index is 1460. The van der Waals surface area contributed by atoms with Crippen molar-refractivity contribution in [2.24, 2.45) is 18.9 Å². The Morgan fingerprint density at radius 2 is 1.88 bits per heavy atom. The molecule has 0 spiro atoms. The molecule has 3 unspecified atom stereocenters.